The summed E-state index contributed by atoms with van der Waals surface area (Å²) in [6, 6.07) is 4.08. The highest BCUT2D eigenvalue weighted by atomic mass is 16.5. The van der Waals surface area contributed by atoms with Gasteiger partial charge in [-0.3, -0.25) is 0 Å². The van der Waals surface area contributed by atoms with Gasteiger partial charge in [-0.25, -0.2) is 0 Å². The standard InChI is InChI=1S/C13H19NO2/c1-4-9-7-14-8-10-5-11(15-2)6-12(16-3)13(9)10/h5-6,9,14H,4,7-8H2,1-3H3. The van der Waals surface area contributed by atoms with E-state index < -0.39 is 0 Å². The number of methoxy groups -OCH3 is 2. The molecule has 1 aliphatic rings. The average Bonchev–Trinajstić information content (AvgIpc) is 2.36. The zero-order valence-corrected chi connectivity index (χ0v) is 10.2. The number of fused-ring (bicyclic) bond motifs is 1. The fourth-order valence-electron chi connectivity index (χ4n) is 2.38. The second kappa shape index (κ2) is 4.74. The quantitative estimate of drug-likeness (QED) is 0.849. The molecule has 88 valence electrons. The summed E-state index contributed by atoms with van der Waals surface area (Å²) < 4.78 is 10.8. The maximum atomic E-state index is 5.48. The van der Waals surface area contributed by atoms with Crippen LogP contribution in [0.1, 0.15) is 30.4 Å². The molecule has 0 aromatic heterocycles. The van der Waals surface area contributed by atoms with Crippen molar-refractivity contribution < 1.29 is 9.47 Å². The predicted molar refractivity (Wildman–Crippen MR) is 64.3 cm³/mol. The van der Waals surface area contributed by atoms with E-state index in [1.54, 1.807) is 14.2 Å². The molecule has 1 unspecified atom stereocenters. The molecule has 1 aromatic rings. The average molecular weight is 221 g/mol. The molecule has 0 amide bonds. The lowest BCUT2D eigenvalue weighted by Gasteiger charge is -2.27. The fraction of sp³-hybridized carbons (Fsp3) is 0.538. The topological polar surface area (TPSA) is 30.5 Å². The van der Waals surface area contributed by atoms with Gasteiger partial charge < -0.3 is 14.8 Å². The van der Waals surface area contributed by atoms with Gasteiger partial charge in [-0.05, 0) is 18.1 Å². The van der Waals surface area contributed by atoms with Crippen molar-refractivity contribution >= 4 is 0 Å². The van der Waals surface area contributed by atoms with Gasteiger partial charge >= 0.3 is 0 Å². The van der Waals surface area contributed by atoms with Gasteiger partial charge in [0.15, 0.2) is 0 Å². The first-order valence-electron chi connectivity index (χ1n) is 5.75. The first-order valence-corrected chi connectivity index (χ1v) is 5.75. The van der Waals surface area contributed by atoms with Crippen LogP contribution in [0.25, 0.3) is 0 Å². The van der Waals surface area contributed by atoms with Crippen molar-refractivity contribution in [3.05, 3.63) is 23.3 Å². The molecular formula is C13H19NO2. The molecule has 2 rings (SSSR count). The summed E-state index contributed by atoms with van der Waals surface area (Å²) in [5, 5.41) is 3.43. The number of nitrogens with one attached hydrogen (secondary N) is 1. The smallest absolute Gasteiger partial charge is 0.126 e. The lowest BCUT2D eigenvalue weighted by molar-refractivity contribution is 0.380. The maximum absolute atomic E-state index is 5.48. The predicted octanol–water partition coefficient (Wildman–Crippen LogP) is 2.30. The molecule has 0 spiro atoms. The molecule has 0 saturated carbocycles. The van der Waals surface area contributed by atoms with Crippen molar-refractivity contribution in [2.75, 3.05) is 20.8 Å². The molecule has 0 fully saturated rings. The number of rotatable bonds is 3. The van der Waals surface area contributed by atoms with Gasteiger partial charge in [0.25, 0.3) is 0 Å². The normalized spacial score (nSPS) is 19.1. The van der Waals surface area contributed by atoms with Crippen molar-refractivity contribution in [1.82, 2.24) is 5.32 Å². The van der Waals surface area contributed by atoms with Gasteiger partial charge in [-0.2, -0.15) is 0 Å². The molecule has 3 nitrogen and oxygen atoms in total. The number of benzene rings is 1. The van der Waals surface area contributed by atoms with Crippen LogP contribution < -0.4 is 14.8 Å². The van der Waals surface area contributed by atoms with E-state index in [9.17, 15) is 0 Å². The summed E-state index contributed by atoms with van der Waals surface area (Å²) >= 11 is 0. The third-order valence-electron chi connectivity index (χ3n) is 3.26. The molecule has 1 atom stereocenters. The molecule has 1 N–H and O–H groups in total. The van der Waals surface area contributed by atoms with E-state index in [4.69, 9.17) is 9.47 Å². The lowest BCUT2D eigenvalue weighted by Crippen LogP contribution is -2.28. The Balaban J connectivity index is 2.50. The van der Waals surface area contributed by atoms with Gasteiger partial charge in [0, 0.05) is 30.6 Å². The van der Waals surface area contributed by atoms with E-state index in [0.717, 1.165) is 31.0 Å². The summed E-state index contributed by atoms with van der Waals surface area (Å²) in [5.41, 5.74) is 2.65. The molecule has 0 aliphatic carbocycles. The minimum Gasteiger partial charge on any atom is -0.497 e. The van der Waals surface area contributed by atoms with E-state index in [0.29, 0.717) is 5.92 Å². The van der Waals surface area contributed by atoms with E-state index in [-0.39, 0.29) is 0 Å². The van der Waals surface area contributed by atoms with Crippen LogP contribution in [0, 0.1) is 0 Å². The molecule has 0 bridgehead atoms. The Morgan fingerprint density at radius 3 is 2.75 bits per heavy atom. The molecule has 1 aliphatic heterocycles. The van der Waals surface area contributed by atoms with E-state index in [2.05, 4.69) is 18.3 Å². The van der Waals surface area contributed by atoms with Crippen LogP contribution in [0.3, 0.4) is 0 Å². The second-order valence-corrected chi connectivity index (χ2v) is 4.14. The molecule has 16 heavy (non-hydrogen) atoms. The van der Waals surface area contributed by atoms with Crippen LogP contribution in [-0.4, -0.2) is 20.8 Å². The molecule has 0 radical (unpaired) electrons. The largest absolute Gasteiger partial charge is 0.497 e. The Labute approximate surface area is 96.8 Å². The van der Waals surface area contributed by atoms with Gasteiger partial charge in [0.1, 0.15) is 11.5 Å². The minimum atomic E-state index is 0.546. The Kier molecular flexibility index (Phi) is 3.34. The van der Waals surface area contributed by atoms with E-state index in [1.165, 1.54) is 11.1 Å². The Morgan fingerprint density at radius 1 is 1.31 bits per heavy atom. The van der Waals surface area contributed by atoms with Gasteiger partial charge in [-0.1, -0.05) is 6.92 Å². The number of ether oxygens (including phenoxy) is 2. The van der Waals surface area contributed by atoms with Crippen LogP contribution in [-0.2, 0) is 6.54 Å². The van der Waals surface area contributed by atoms with Crippen molar-refractivity contribution in [2.45, 2.75) is 25.8 Å². The SMILES string of the molecule is CCC1CNCc2cc(OC)cc(OC)c21. The Hall–Kier alpha value is -1.22. The molecule has 0 saturated heterocycles. The first kappa shape index (κ1) is 11.3. The highest BCUT2D eigenvalue weighted by molar-refractivity contribution is 5.49. The van der Waals surface area contributed by atoms with Crippen molar-refractivity contribution in [3.8, 4) is 11.5 Å². The maximum Gasteiger partial charge on any atom is 0.126 e. The zero-order valence-electron chi connectivity index (χ0n) is 10.2. The number of hydrogen-bond donors (Lipinski definition) is 1. The molecule has 1 heterocycles. The van der Waals surface area contributed by atoms with Crippen molar-refractivity contribution in [2.24, 2.45) is 0 Å². The summed E-state index contributed by atoms with van der Waals surface area (Å²) in [6.45, 7) is 4.15. The van der Waals surface area contributed by atoms with Crippen LogP contribution in [0.15, 0.2) is 12.1 Å². The van der Waals surface area contributed by atoms with Crippen LogP contribution in [0.5, 0.6) is 11.5 Å². The first-order chi connectivity index (χ1) is 7.80. The third kappa shape index (κ3) is 1.87. The van der Waals surface area contributed by atoms with Gasteiger partial charge in [0.05, 0.1) is 14.2 Å². The third-order valence-corrected chi connectivity index (χ3v) is 3.26. The van der Waals surface area contributed by atoms with Crippen LogP contribution in [0.2, 0.25) is 0 Å². The summed E-state index contributed by atoms with van der Waals surface area (Å²) in [5.74, 6) is 2.38. The summed E-state index contributed by atoms with van der Waals surface area (Å²) in [7, 11) is 3.42. The highest BCUT2D eigenvalue weighted by Crippen LogP contribution is 2.37. The van der Waals surface area contributed by atoms with Crippen molar-refractivity contribution in [3.63, 3.8) is 0 Å². The van der Waals surface area contributed by atoms with E-state index in [1.807, 2.05) is 6.07 Å². The summed E-state index contributed by atoms with van der Waals surface area (Å²) in [6.07, 6.45) is 1.13. The minimum absolute atomic E-state index is 0.546. The highest BCUT2D eigenvalue weighted by Gasteiger charge is 2.23. The summed E-state index contributed by atoms with van der Waals surface area (Å²) in [4.78, 5) is 0. The Morgan fingerprint density at radius 2 is 2.12 bits per heavy atom. The van der Waals surface area contributed by atoms with Gasteiger partial charge in [-0.15, -0.1) is 0 Å². The monoisotopic (exact) mass is 221 g/mol. The molecular weight excluding hydrogens is 202 g/mol. The van der Waals surface area contributed by atoms with Crippen LogP contribution >= 0.6 is 0 Å². The zero-order chi connectivity index (χ0) is 11.5. The Bertz CT molecular complexity index is 359. The number of hydrogen-bond acceptors (Lipinski definition) is 3. The van der Waals surface area contributed by atoms with Crippen LogP contribution in [0.4, 0.5) is 0 Å². The van der Waals surface area contributed by atoms with E-state index >= 15 is 0 Å². The van der Waals surface area contributed by atoms with Crippen molar-refractivity contribution in [1.29, 1.82) is 0 Å². The lowest BCUT2D eigenvalue weighted by atomic mass is 9.88. The fourth-order valence-corrected chi connectivity index (χ4v) is 2.38. The van der Waals surface area contributed by atoms with Gasteiger partial charge in [0.2, 0.25) is 0 Å². The second-order valence-electron chi connectivity index (χ2n) is 4.14. The molecule has 1 aromatic carbocycles. The molecule has 3 heteroatoms.